The van der Waals surface area contributed by atoms with E-state index in [0.29, 0.717) is 15.6 Å². The zero-order chi connectivity index (χ0) is 19.6. The van der Waals surface area contributed by atoms with E-state index in [0.717, 1.165) is 0 Å². The third-order valence-corrected chi connectivity index (χ3v) is 3.67. The monoisotopic (exact) mass is 368 g/mol. The van der Waals surface area contributed by atoms with E-state index in [1.807, 2.05) is 0 Å². The van der Waals surface area contributed by atoms with Gasteiger partial charge in [0.1, 0.15) is 0 Å². The summed E-state index contributed by atoms with van der Waals surface area (Å²) in [6.07, 6.45) is 0.876. The molecule has 0 aliphatic rings. The van der Waals surface area contributed by atoms with Gasteiger partial charge >= 0.3 is 11.4 Å². The quantitative estimate of drug-likeness (QED) is 0.421. The molecule has 0 unspecified atom stereocenters. The Labute approximate surface area is 152 Å². The molecule has 0 atom stereocenters. The van der Waals surface area contributed by atoms with Crippen LogP contribution in [0.25, 0.3) is 10.9 Å². The molecule has 3 aromatic rings. The Morgan fingerprint density at radius 2 is 1.93 bits per heavy atom. The summed E-state index contributed by atoms with van der Waals surface area (Å²) in [7, 11) is 0. The van der Waals surface area contributed by atoms with Gasteiger partial charge in [-0.25, -0.2) is 4.79 Å². The largest absolute Gasteiger partial charge is 0.484 e. The van der Waals surface area contributed by atoms with Crippen molar-refractivity contribution in [3.05, 3.63) is 79.0 Å². The molecule has 0 fully saturated rings. The Morgan fingerprint density at radius 3 is 2.63 bits per heavy atom. The first-order chi connectivity index (χ1) is 12.9. The first-order valence-electron chi connectivity index (χ1n) is 8.11. The van der Waals surface area contributed by atoms with Crippen LogP contribution < -0.4 is 16.0 Å². The smallest absolute Gasteiger partial charge is 0.349 e. The molecule has 1 N–H and O–H groups in total. The third-order valence-electron chi connectivity index (χ3n) is 3.67. The van der Waals surface area contributed by atoms with Crippen LogP contribution in [0, 0.1) is 10.1 Å². The van der Waals surface area contributed by atoms with Gasteiger partial charge in [0.05, 0.1) is 28.1 Å². The summed E-state index contributed by atoms with van der Waals surface area (Å²) in [4.78, 5) is 37.9. The highest BCUT2D eigenvalue weighted by molar-refractivity contribution is 5.86. The summed E-state index contributed by atoms with van der Waals surface area (Å²) in [6.45, 7) is 3.46. The molecule has 3 rings (SSSR count). The maximum Gasteiger partial charge on any atom is 0.349 e. The molecular weight excluding hydrogens is 352 g/mol. The van der Waals surface area contributed by atoms with Crippen LogP contribution >= 0.6 is 0 Å². The highest BCUT2D eigenvalue weighted by Crippen LogP contribution is 2.30. The first kappa shape index (κ1) is 18.1. The molecule has 9 heteroatoms. The molecular formula is C18H16N4O5. The second kappa shape index (κ2) is 7.24. The summed E-state index contributed by atoms with van der Waals surface area (Å²) in [6, 6.07) is 10.9. The number of aromatic nitrogens is 2. The van der Waals surface area contributed by atoms with E-state index in [1.54, 1.807) is 44.2 Å². The zero-order valence-corrected chi connectivity index (χ0v) is 14.6. The molecule has 9 nitrogen and oxygen atoms in total. The Hall–Kier alpha value is -3.75. The fourth-order valence-electron chi connectivity index (χ4n) is 2.53. The molecule has 0 amide bonds. The molecule has 0 spiro atoms. The van der Waals surface area contributed by atoms with Gasteiger partial charge in [0.15, 0.2) is 0 Å². The number of nitro benzene ring substituents is 1. The highest BCUT2D eigenvalue weighted by atomic mass is 16.6. The molecule has 2 aromatic carbocycles. The summed E-state index contributed by atoms with van der Waals surface area (Å²) in [5.74, 6) is 0.0199. The minimum absolute atomic E-state index is 0.0199. The highest BCUT2D eigenvalue weighted by Gasteiger charge is 2.19. The number of para-hydroxylation sites is 2. The number of benzene rings is 2. The van der Waals surface area contributed by atoms with Gasteiger partial charge in [-0.1, -0.05) is 18.2 Å². The van der Waals surface area contributed by atoms with E-state index in [9.17, 15) is 19.7 Å². The maximum atomic E-state index is 12.5. The molecule has 0 aliphatic carbocycles. The summed E-state index contributed by atoms with van der Waals surface area (Å²) in [5, 5.41) is 15.5. The number of hydrogen-bond donors (Lipinski definition) is 1. The molecule has 1 heterocycles. The number of nitrogens with one attached hydrogen (secondary N) is 1. The molecule has 0 radical (unpaired) electrons. The van der Waals surface area contributed by atoms with Crippen LogP contribution in [-0.4, -0.2) is 26.9 Å². The van der Waals surface area contributed by atoms with Gasteiger partial charge in [-0.2, -0.15) is 5.10 Å². The molecule has 138 valence electrons. The van der Waals surface area contributed by atoms with E-state index in [4.69, 9.17) is 4.74 Å². The van der Waals surface area contributed by atoms with Crippen molar-refractivity contribution < 1.29 is 9.66 Å². The second-order valence-electron chi connectivity index (χ2n) is 5.96. The molecule has 0 aliphatic heterocycles. The van der Waals surface area contributed by atoms with Crippen LogP contribution in [0.15, 0.2) is 57.2 Å². The number of nitro groups is 1. The number of rotatable bonds is 5. The van der Waals surface area contributed by atoms with Crippen LogP contribution in [0.1, 0.15) is 19.4 Å². The predicted octanol–water partition coefficient (Wildman–Crippen LogP) is 2.27. The van der Waals surface area contributed by atoms with E-state index in [-0.39, 0.29) is 23.1 Å². The molecule has 0 saturated carbocycles. The second-order valence-corrected chi connectivity index (χ2v) is 5.96. The van der Waals surface area contributed by atoms with E-state index in [1.165, 1.54) is 18.3 Å². The van der Waals surface area contributed by atoms with Crippen LogP contribution in [-0.2, 0) is 0 Å². The lowest BCUT2D eigenvalue weighted by Gasteiger charge is -2.12. The van der Waals surface area contributed by atoms with Gasteiger partial charge in [-0.15, -0.1) is 4.68 Å². The van der Waals surface area contributed by atoms with E-state index >= 15 is 0 Å². The Morgan fingerprint density at radius 1 is 1.19 bits per heavy atom. The van der Waals surface area contributed by atoms with Crippen molar-refractivity contribution in [2.75, 3.05) is 0 Å². The van der Waals surface area contributed by atoms with Crippen molar-refractivity contribution in [2.24, 2.45) is 5.10 Å². The lowest BCUT2D eigenvalue weighted by Crippen LogP contribution is -2.32. The lowest BCUT2D eigenvalue weighted by atomic mass is 10.2. The van der Waals surface area contributed by atoms with Gasteiger partial charge in [0.25, 0.3) is 5.56 Å². The minimum atomic E-state index is -0.716. The van der Waals surface area contributed by atoms with Crippen molar-refractivity contribution in [1.82, 2.24) is 9.66 Å². The van der Waals surface area contributed by atoms with E-state index < -0.39 is 16.2 Å². The number of nitrogens with zero attached hydrogens (tertiary/aromatic N) is 3. The number of fused-ring (bicyclic) bond motifs is 1. The first-order valence-corrected chi connectivity index (χ1v) is 8.11. The third kappa shape index (κ3) is 3.61. The average molecular weight is 368 g/mol. The molecule has 27 heavy (non-hydrogen) atoms. The number of H-pyrrole nitrogens is 1. The van der Waals surface area contributed by atoms with Crippen molar-refractivity contribution in [3.63, 3.8) is 0 Å². The standard InChI is InChI=1S/C18H16N4O5/c1-11(2)27-16-12(6-5-9-15(16)22(25)26)10-19-21-17(23)13-7-3-4-8-14(13)20-18(21)24/h3-11H,1-2H3,(H,20,24). The van der Waals surface area contributed by atoms with Crippen molar-refractivity contribution >= 4 is 22.8 Å². The zero-order valence-electron chi connectivity index (χ0n) is 14.6. The molecule has 0 bridgehead atoms. The Kier molecular flexibility index (Phi) is 4.84. The number of hydrogen-bond acceptors (Lipinski definition) is 6. The summed E-state index contributed by atoms with van der Waals surface area (Å²) < 4.78 is 6.22. The predicted molar refractivity (Wildman–Crippen MR) is 101 cm³/mol. The lowest BCUT2D eigenvalue weighted by molar-refractivity contribution is -0.386. The summed E-state index contributed by atoms with van der Waals surface area (Å²) in [5.41, 5.74) is -0.864. The SMILES string of the molecule is CC(C)Oc1c(C=Nn2c(=O)[nH]c3ccccc3c2=O)cccc1[N+](=O)[O-]. The van der Waals surface area contributed by atoms with Gasteiger partial charge in [0.2, 0.25) is 5.75 Å². The van der Waals surface area contributed by atoms with Gasteiger partial charge in [0, 0.05) is 11.6 Å². The van der Waals surface area contributed by atoms with Gasteiger partial charge in [-0.05, 0) is 32.0 Å². The van der Waals surface area contributed by atoms with Crippen LogP contribution in [0.4, 0.5) is 5.69 Å². The van der Waals surface area contributed by atoms with E-state index in [2.05, 4.69) is 10.1 Å². The van der Waals surface area contributed by atoms with Gasteiger partial charge < -0.3 is 9.72 Å². The minimum Gasteiger partial charge on any atom is -0.484 e. The molecule has 1 aromatic heterocycles. The van der Waals surface area contributed by atoms with Crippen molar-refractivity contribution in [2.45, 2.75) is 20.0 Å². The Bertz CT molecular complexity index is 1160. The fourth-order valence-corrected chi connectivity index (χ4v) is 2.53. The normalized spacial score (nSPS) is 11.4. The Balaban J connectivity index is 2.13. The number of aromatic amines is 1. The maximum absolute atomic E-state index is 12.5. The van der Waals surface area contributed by atoms with Crippen molar-refractivity contribution in [1.29, 1.82) is 0 Å². The average Bonchev–Trinajstić information content (AvgIpc) is 2.62. The van der Waals surface area contributed by atoms with Crippen molar-refractivity contribution in [3.8, 4) is 5.75 Å². The van der Waals surface area contributed by atoms with Crippen LogP contribution in [0.3, 0.4) is 0 Å². The van der Waals surface area contributed by atoms with Gasteiger partial charge in [-0.3, -0.25) is 14.9 Å². The topological polar surface area (TPSA) is 120 Å². The van der Waals surface area contributed by atoms with Crippen LogP contribution in [0.5, 0.6) is 5.75 Å². The molecule has 0 saturated heterocycles. The fraction of sp³-hybridized carbons (Fsp3) is 0.167. The van der Waals surface area contributed by atoms with Crippen LogP contribution in [0.2, 0.25) is 0 Å². The number of ether oxygens (including phenoxy) is 1. The summed E-state index contributed by atoms with van der Waals surface area (Å²) >= 11 is 0.